The Morgan fingerprint density at radius 2 is 1.93 bits per heavy atom. The molecule has 3 nitrogen and oxygen atoms in total. The number of rotatable bonds is 3. The van der Waals surface area contributed by atoms with Gasteiger partial charge < -0.3 is 11.1 Å². The molecule has 3 N–H and O–H groups in total. The fourth-order valence-electron chi connectivity index (χ4n) is 1.21. The third-order valence-electron chi connectivity index (χ3n) is 2.10. The summed E-state index contributed by atoms with van der Waals surface area (Å²) in [4.78, 5) is 11.3. The van der Waals surface area contributed by atoms with E-state index in [0.29, 0.717) is 11.5 Å². The first-order chi connectivity index (χ1) is 6.65. The van der Waals surface area contributed by atoms with E-state index in [1.807, 2.05) is 24.3 Å². The van der Waals surface area contributed by atoms with E-state index < -0.39 is 0 Å². The van der Waals surface area contributed by atoms with Crippen LogP contribution in [0.25, 0.3) is 0 Å². The van der Waals surface area contributed by atoms with Crippen LogP contribution in [0, 0.1) is 0 Å². The summed E-state index contributed by atoms with van der Waals surface area (Å²) in [5.74, 6) is 0.365. The van der Waals surface area contributed by atoms with Crippen molar-refractivity contribution in [2.24, 2.45) is 5.73 Å². The summed E-state index contributed by atoms with van der Waals surface area (Å²) >= 11 is 0. The molecule has 0 radical (unpaired) electrons. The third kappa shape index (κ3) is 2.57. The minimum absolute atomic E-state index is 0.122. The molecule has 0 aliphatic carbocycles. The Balaban J connectivity index is 2.78. The maximum absolute atomic E-state index is 11.3. The Hall–Kier alpha value is -1.35. The highest BCUT2D eigenvalue weighted by atomic mass is 16.1. The zero-order valence-electron chi connectivity index (χ0n) is 8.58. The molecule has 14 heavy (non-hydrogen) atoms. The Bertz CT molecular complexity index is 304. The van der Waals surface area contributed by atoms with Crippen LogP contribution in [0.15, 0.2) is 24.3 Å². The molecule has 0 unspecified atom stereocenters. The van der Waals surface area contributed by atoms with Gasteiger partial charge in [0, 0.05) is 5.56 Å². The lowest BCUT2D eigenvalue weighted by atomic mass is 10.0. The van der Waals surface area contributed by atoms with Gasteiger partial charge in [-0.25, -0.2) is 0 Å². The van der Waals surface area contributed by atoms with Gasteiger partial charge in [0.25, 0.3) is 5.91 Å². The predicted octanol–water partition coefficient (Wildman–Crippen LogP) is 1.46. The normalized spacial score (nSPS) is 10.3. The molecule has 0 heterocycles. The van der Waals surface area contributed by atoms with E-state index in [9.17, 15) is 4.79 Å². The molecule has 76 valence electrons. The molecule has 1 aromatic carbocycles. The molecule has 0 aromatic heterocycles. The lowest BCUT2D eigenvalue weighted by Gasteiger charge is -2.06. The third-order valence-corrected chi connectivity index (χ3v) is 2.10. The van der Waals surface area contributed by atoms with Gasteiger partial charge in [-0.3, -0.25) is 4.79 Å². The molecule has 0 saturated carbocycles. The summed E-state index contributed by atoms with van der Waals surface area (Å²) in [5, 5.41) is 2.55. The van der Waals surface area contributed by atoms with Crippen LogP contribution >= 0.6 is 0 Å². The van der Waals surface area contributed by atoms with E-state index in [1.54, 1.807) is 0 Å². The Kier molecular flexibility index (Phi) is 3.65. The first-order valence-corrected chi connectivity index (χ1v) is 4.73. The summed E-state index contributed by atoms with van der Waals surface area (Å²) in [7, 11) is 0. The largest absolute Gasteiger partial charge is 0.340 e. The van der Waals surface area contributed by atoms with Gasteiger partial charge in [-0.05, 0) is 23.6 Å². The van der Waals surface area contributed by atoms with Gasteiger partial charge in [0.05, 0.1) is 6.67 Å². The first-order valence-electron chi connectivity index (χ1n) is 4.73. The lowest BCUT2D eigenvalue weighted by molar-refractivity contribution is 0.0955. The van der Waals surface area contributed by atoms with Gasteiger partial charge in [-0.2, -0.15) is 0 Å². The Morgan fingerprint density at radius 1 is 1.36 bits per heavy atom. The van der Waals surface area contributed by atoms with Crippen LogP contribution < -0.4 is 11.1 Å². The molecule has 0 aliphatic heterocycles. The summed E-state index contributed by atoms with van der Waals surface area (Å²) in [6, 6.07) is 7.58. The van der Waals surface area contributed by atoms with Gasteiger partial charge in [-0.1, -0.05) is 26.0 Å². The van der Waals surface area contributed by atoms with Crippen molar-refractivity contribution in [3.05, 3.63) is 35.4 Å². The molecule has 1 amide bonds. The van der Waals surface area contributed by atoms with Crippen molar-refractivity contribution >= 4 is 5.91 Å². The second kappa shape index (κ2) is 4.77. The highest BCUT2D eigenvalue weighted by Crippen LogP contribution is 2.14. The van der Waals surface area contributed by atoms with Gasteiger partial charge in [0.15, 0.2) is 0 Å². The number of benzene rings is 1. The van der Waals surface area contributed by atoms with Crippen molar-refractivity contribution in [1.82, 2.24) is 5.32 Å². The van der Waals surface area contributed by atoms with E-state index in [-0.39, 0.29) is 12.6 Å². The van der Waals surface area contributed by atoms with E-state index in [2.05, 4.69) is 19.2 Å². The minimum Gasteiger partial charge on any atom is -0.340 e. The maximum Gasteiger partial charge on any atom is 0.252 e. The van der Waals surface area contributed by atoms with Crippen LogP contribution in [-0.2, 0) is 0 Å². The van der Waals surface area contributed by atoms with Crippen molar-refractivity contribution in [1.29, 1.82) is 0 Å². The van der Waals surface area contributed by atoms with Crippen LogP contribution in [0.3, 0.4) is 0 Å². The molecule has 0 aliphatic rings. The van der Waals surface area contributed by atoms with E-state index >= 15 is 0 Å². The number of nitrogens with two attached hydrogens (primary N) is 1. The number of hydrogen-bond donors (Lipinski definition) is 2. The zero-order valence-corrected chi connectivity index (χ0v) is 8.58. The maximum atomic E-state index is 11.3. The van der Waals surface area contributed by atoms with E-state index in [0.717, 1.165) is 0 Å². The molecule has 0 spiro atoms. The van der Waals surface area contributed by atoms with Crippen LogP contribution in [0.2, 0.25) is 0 Å². The number of amides is 1. The Morgan fingerprint density at radius 3 is 2.36 bits per heavy atom. The summed E-state index contributed by atoms with van der Waals surface area (Å²) in [6.07, 6.45) is 0. The monoisotopic (exact) mass is 192 g/mol. The van der Waals surface area contributed by atoms with Gasteiger partial charge in [0.1, 0.15) is 0 Å². The number of hydrogen-bond acceptors (Lipinski definition) is 2. The van der Waals surface area contributed by atoms with Crippen molar-refractivity contribution < 1.29 is 4.79 Å². The summed E-state index contributed by atoms with van der Waals surface area (Å²) < 4.78 is 0. The van der Waals surface area contributed by atoms with Gasteiger partial charge in [-0.15, -0.1) is 0 Å². The summed E-state index contributed by atoms with van der Waals surface area (Å²) in [6.45, 7) is 4.41. The van der Waals surface area contributed by atoms with E-state index in [4.69, 9.17) is 5.73 Å². The predicted molar refractivity (Wildman–Crippen MR) is 57.1 cm³/mol. The molecule has 0 fully saturated rings. The lowest BCUT2D eigenvalue weighted by Crippen LogP contribution is -2.29. The standard InChI is InChI=1S/C11H16N2O/c1-8(2)9-3-5-10(6-4-9)11(14)13-7-12/h3-6,8H,7,12H2,1-2H3,(H,13,14). The minimum atomic E-state index is -0.122. The van der Waals surface area contributed by atoms with Crippen LogP contribution in [0.1, 0.15) is 35.7 Å². The molecular formula is C11H16N2O. The fraction of sp³-hybridized carbons (Fsp3) is 0.364. The van der Waals surface area contributed by atoms with Crippen LogP contribution in [-0.4, -0.2) is 12.6 Å². The highest BCUT2D eigenvalue weighted by molar-refractivity contribution is 5.94. The van der Waals surface area contributed by atoms with Crippen molar-refractivity contribution in [3.8, 4) is 0 Å². The molecule has 3 heteroatoms. The van der Waals surface area contributed by atoms with Crippen molar-refractivity contribution in [3.63, 3.8) is 0 Å². The molecular weight excluding hydrogens is 176 g/mol. The van der Waals surface area contributed by atoms with Crippen LogP contribution in [0.5, 0.6) is 0 Å². The number of nitrogens with one attached hydrogen (secondary N) is 1. The highest BCUT2D eigenvalue weighted by Gasteiger charge is 2.04. The molecule has 0 bridgehead atoms. The van der Waals surface area contributed by atoms with Gasteiger partial charge >= 0.3 is 0 Å². The Labute approximate surface area is 84.3 Å². The molecule has 1 aromatic rings. The smallest absolute Gasteiger partial charge is 0.252 e. The first kappa shape index (κ1) is 10.7. The van der Waals surface area contributed by atoms with Crippen molar-refractivity contribution in [2.75, 3.05) is 6.67 Å². The van der Waals surface area contributed by atoms with Crippen LogP contribution in [0.4, 0.5) is 0 Å². The van der Waals surface area contributed by atoms with Gasteiger partial charge in [0.2, 0.25) is 0 Å². The molecule has 1 rings (SSSR count). The van der Waals surface area contributed by atoms with Crippen molar-refractivity contribution in [2.45, 2.75) is 19.8 Å². The zero-order chi connectivity index (χ0) is 10.6. The number of carbonyl (C=O) groups excluding carboxylic acids is 1. The quantitative estimate of drug-likeness (QED) is 0.712. The second-order valence-corrected chi connectivity index (χ2v) is 3.49. The second-order valence-electron chi connectivity index (χ2n) is 3.49. The molecule has 0 atom stereocenters. The molecule has 0 saturated heterocycles. The average Bonchev–Trinajstić information content (AvgIpc) is 2.18. The summed E-state index contributed by atoms with van der Waals surface area (Å²) in [5.41, 5.74) is 7.10. The average molecular weight is 192 g/mol. The van der Waals surface area contributed by atoms with E-state index in [1.165, 1.54) is 5.56 Å². The SMILES string of the molecule is CC(C)c1ccc(C(=O)NCN)cc1. The topological polar surface area (TPSA) is 55.1 Å². The fourth-order valence-corrected chi connectivity index (χ4v) is 1.21. The number of carbonyl (C=O) groups is 1.